The van der Waals surface area contributed by atoms with E-state index in [2.05, 4.69) is 44.2 Å². The smallest absolute Gasteiger partial charge is 0.147 e. The molecule has 0 amide bonds. The van der Waals surface area contributed by atoms with E-state index in [4.69, 9.17) is 0 Å². The molecular weight excluding hydrogens is 286 g/mol. The molecule has 0 atom stereocenters. The van der Waals surface area contributed by atoms with Crippen LogP contribution in [0.5, 0.6) is 0 Å². The van der Waals surface area contributed by atoms with Gasteiger partial charge in [-0.05, 0) is 41.0 Å². The Balaban J connectivity index is 2.02. The third-order valence-corrected chi connectivity index (χ3v) is 3.81. The number of H-pyrrole nitrogens is 1. The SMILES string of the molecule is CCCNCc1cnc(-c2ccc(Br)s2)[nH]1. The minimum Gasteiger partial charge on any atom is -0.340 e. The molecule has 0 bridgehead atoms. The Morgan fingerprint density at radius 3 is 3.06 bits per heavy atom. The van der Waals surface area contributed by atoms with Gasteiger partial charge in [0.15, 0.2) is 0 Å². The van der Waals surface area contributed by atoms with Crippen LogP contribution in [0, 0.1) is 0 Å². The summed E-state index contributed by atoms with van der Waals surface area (Å²) in [6.07, 6.45) is 3.05. The van der Waals surface area contributed by atoms with E-state index in [1.54, 1.807) is 11.3 Å². The van der Waals surface area contributed by atoms with Crippen LogP contribution in [0.2, 0.25) is 0 Å². The molecule has 0 radical (unpaired) electrons. The number of nitrogens with one attached hydrogen (secondary N) is 2. The van der Waals surface area contributed by atoms with Crippen LogP contribution in [-0.4, -0.2) is 16.5 Å². The van der Waals surface area contributed by atoms with Crippen molar-refractivity contribution in [1.82, 2.24) is 15.3 Å². The largest absolute Gasteiger partial charge is 0.340 e. The molecule has 0 aliphatic heterocycles. The molecule has 0 aromatic carbocycles. The van der Waals surface area contributed by atoms with Gasteiger partial charge in [-0.2, -0.15) is 0 Å². The number of aromatic nitrogens is 2. The maximum atomic E-state index is 4.37. The fourth-order valence-electron chi connectivity index (χ4n) is 1.42. The van der Waals surface area contributed by atoms with E-state index in [0.717, 1.165) is 39.7 Å². The quantitative estimate of drug-likeness (QED) is 0.831. The van der Waals surface area contributed by atoms with Gasteiger partial charge in [-0.1, -0.05) is 6.92 Å². The minimum absolute atomic E-state index is 0.855. The highest BCUT2D eigenvalue weighted by Crippen LogP contribution is 2.29. The Morgan fingerprint density at radius 1 is 1.50 bits per heavy atom. The first-order valence-electron chi connectivity index (χ1n) is 5.30. The van der Waals surface area contributed by atoms with Crippen molar-refractivity contribution < 1.29 is 0 Å². The van der Waals surface area contributed by atoms with Gasteiger partial charge >= 0.3 is 0 Å². The maximum Gasteiger partial charge on any atom is 0.147 e. The van der Waals surface area contributed by atoms with Gasteiger partial charge in [0.05, 0.1) is 8.66 Å². The zero-order chi connectivity index (χ0) is 11.4. The third-order valence-electron chi connectivity index (χ3n) is 2.18. The number of hydrogen-bond acceptors (Lipinski definition) is 3. The van der Waals surface area contributed by atoms with Crippen LogP contribution in [0.15, 0.2) is 22.1 Å². The van der Waals surface area contributed by atoms with Crippen molar-refractivity contribution in [3.05, 3.63) is 27.8 Å². The normalized spacial score (nSPS) is 10.9. The zero-order valence-electron chi connectivity index (χ0n) is 9.09. The summed E-state index contributed by atoms with van der Waals surface area (Å²) in [4.78, 5) is 8.85. The van der Waals surface area contributed by atoms with Crippen LogP contribution in [-0.2, 0) is 6.54 Å². The number of imidazole rings is 1. The summed E-state index contributed by atoms with van der Waals surface area (Å²) in [6, 6.07) is 4.11. The van der Waals surface area contributed by atoms with Gasteiger partial charge in [-0.25, -0.2) is 4.98 Å². The van der Waals surface area contributed by atoms with Crippen molar-refractivity contribution in [2.45, 2.75) is 19.9 Å². The van der Waals surface area contributed by atoms with Gasteiger partial charge in [0.25, 0.3) is 0 Å². The number of nitrogens with zero attached hydrogens (tertiary/aromatic N) is 1. The van der Waals surface area contributed by atoms with Crippen molar-refractivity contribution in [1.29, 1.82) is 0 Å². The predicted octanol–water partition coefficient (Wildman–Crippen LogP) is 3.40. The second-order valence-corrected chi connectivity index (χ2v) is 6.00. The molecule has 0 saturated carbocycles. The molecule has 86 valence electrons. The molecule has 0 saturated heterocycles. The first kappa shape index (κ1) is 11.8. The Bertz CT molecular complexity index is 450. The molecule has 5 heteroatoms. The highest BCUT2D eigenvalue weighted by Gasteiger charge is 2.05. The van der Waals surface area contributed by atoms with E-state index in [-0.39, 0.29) is 0 Å². The second-order valence-electron chi connectivity index (χ2n) is 3.54. The highest BCUT2D eigenvalue weighted by molar-refractivity contribution is 9.11. The minimum atomic E-state index is 0.855. The first-order valence-corrected chi connectivity index (χ1v) is 6.91. The average Bonchev–Trinajstić information content (AvgIpc) is 2.87. The topological polar surface area (TPSA) is 40.7 Å². The Hall–Kier alpha value is -0.650. The summed E-state index contributed by atoms with van der Waals surface area (Å²) in [6.45, 7) is 4.06. The third kappa shape index (κ3) is 2.93. The number of halogens is 1. The molecule has 0 spiro atoms. The highest BCUT2D eigenvalue weighted by atomic mass is 79.9. The molecule has 0 aliphatic carbocycles. The summed E-state index contributed by atoms with van der Waals surface area (Å²) in [5, 5.41) is 3.34. The van der Waals surface area contributed by atoms with E-state index >= 15 is 0 Å². The van der Waals surface area contributed by atoms with Crippen molar-refractivity contribution in [3.8, 4) is 10.7 Å². The second kappa shape index (κ2) is 5.61. The molecule has 0 unspecified atom stereocenters. The molecule has 0 fully saturated rings. The van der Waals surface area contributed by atoms with E-state index in [1.807, 2.05) is 12.3 Å². The van der Waals surface area contributed by atoms with E-state index in [1.165, 1.54) is 0 Å². The molecule has 2 N–H and O–H groups in total. The fourth-order valence-corrected chi connectivity index (χ4v) is 2.75. The van der Waals surface area contributed by atoms with Crippen LogP contribution >= 0.6 is 27.3 Å². The summed E-state index contributed by atoms with van der Waals surface area (Å²) < 4.78 is 1.13. The molecule has 0 aliphatic rings. The van der Waals surface area contributed by atoms with Crippen LogP contribution in [0.4, 0.5) is 0 Å². The summed E-state index contributed by atoms with van der Waals surface area (Å²) in [7, 11) is 0. The van der Waals surface area contributed by atoms with Gasteiger partial charge in [0, 0.05) is 18.4 Å². The zero-order valence-corrected chi connectivity index (χ0v) is 11.5. The summed E-state index contributed by atoms with van der Waals surface area (Å²) >= 11 is 5.14. The molecule has 16 heavy (non-hydrogen) atoms. The Labute approximate surface area is 107 Å². The Kier molecular flexibility index (Phi) is 4.15. The molecule has 2 aromatic rings. The maximum absolute atomic E-state index is 4.37. The molecule has 2 heterocycles. The lowest BCUT2D eigenvalue weighted by molar-refractivity contribution is 0.667. The molecular formula is C11H14BrN3S. The van der Waals surface area contributed by atoms with Gasteiger partial charge in [0.2, 0.25) is 0 Å². The average molecular weight is 300 g/mol. The number of hydrogen-bond donors (Lipinski definition) is 2. The molecule has 3 nitrogen and oxygen atoms in total. The summed E-state index contributed by atoms with van der Waals surface area (Å²) in [5.41, 5.74) is 1.13. The van der Waals surface area contributed by atoms with Crippen LogP contribution < -0.4 is 5.32 Å². The van der Waals surface area contributed by atoms with E-state index < -0.39 is 0 Å². The van der Waals surface area contributed by atoms with Crippen LogP contribution in [0.3, 0.4) is 0 Å². The lowest BCUT2D eigenvalue weighted by Crippen LogP contribution is -2.13. The van der Waals surface area contributed by atoms with Gasteiger partial charge in [-0.15, -0.1) is 11.3 Å². The monoisotopic (exact) mass is 299 g/mol. The van der Waals surface area contributed by atoms with Crippen LogP contribution in [0.1, 0.15) is 19.0 Å². The lowest BCUT2D eigenvalue weighted by Gasteiger charge is -1.98. The first-order chi connectivity index (χ1) is 7.79. The number of aromatic amines is 1. The number of thiophene rings is 1. The Morgan fingerprint density at radius 2 is 2.38 bits per heavy atom. The van der Waals surface area contributed by atoms with Crippen LogP contribution in [0.25, 0.3) is 10.7 Å². The van der Waals surface area contributed by atoms with Crippen molar-refractivity contribution in [2.75, 3.05) is 6.54 Å². The number of rotatable bonds is 5. The lowest BCUT2D eigenvalue weighted by atomic mass is 10.4. The van der Waals surface area contributed by atoms with Crippen molar-refractivity contribution in [3.63, 3.8) is 0 Å². The van der Waals surface area contributed by atoms with E-state index in [9.17, 15) is 0 Å². The predicted molar refractivity (Wildman–Crippen MR) is 71.6 cm³/mol. The van der Waals surface area contributed by atoms with E-state index in [0.29, 0.717) is 0 Å². The molecule has 2 rings (SSSR count). The van der Waals surface area contributed by atoms with Crippen molar-refractivity contribution >= 4 is 27.3 Å². The molecule has 2 aromatic heterocycles. The standard InChI is InChI=1S/C11H14BrN3S/c1-2-5-13-6-8-7-14-11(15-8)9-3-4-10(12)16-9/h3-4,7,13H,2,5-6H2,1H3,(H,14,15). The van der Waals surface area contributed by atoms with Crippen molar-refractivity contribution in [2.24, 2.45) is 0 Å². The van der Waals surface area contributed by atoms with Gasteiger partial charge in [-0.3, -0.25) is 0 Å². The van der Waals surface area contributed by atoms with Gasteiger partial charge < -0.3 is 10.3 Å². The fraction of sp³-hybridized carbons (Fsp3) is 0.364. The van der Waals surface area contributed by atoms with Gasteiger partial charge in [0.1, 0.15) is 5.82 Å². The summed E-state index contributed by atoms with van der Waals surface area (Å²) in [5.74, 6) is 0.948.